The first-order valence-electron chi connectivity index (χ1n) is 9.76. The predicted molar refractivity (Wildman–Crippen MR) is 104 cm³/mol. The molecule has 3 aliphatic rings. The molecule has 7 atom stereocenters. The summed E-state index contributed by atoms with van der Waals surface area (Å²) in [5.74, 6) is -9.82. The highest BCUT2D eigenvalue weighted by Gasteiger charge is 2.59. The van der Waals surface area contributed by atoms with Crippen LogP contribution in [0.25, 0.3) is 5.76 Å². The molecule has 11 heteroatoms. The van der Waals surface area contributed by atoms with Gasteiger partial charge in [0.15, 0.2) is 17.7 Å². The average molecular weight is 450 g/mol. The lowest BCUT2D eigenvalue weighted by molar-refractivity contribution is -0.484. The molecular weight excluding hydrogens is 428 g/mol. The van der Waals surface area contributed by atoms with Crippen molar-refractivity contribution in [3.05, 3.63) is 46.5 Å². The molecule has 1 fully saturated rings. The van der Waals surface area contributed by atoms with Gasteiger partial charge in [0.2, 0.25) is 5.79 Å². The quantitative estimate of drug-likeness (QED) is 0.269. The Labute approximate surface area is 181 Å². The van der Waals surface area contributed by atoms with Crippen molar-refractivity contribution in [1.29, 1.82) is 0 Å². The van der Waals surface area contributed by atoms with Crippen molar-refractivity contribution in [2.75, 3.05) is 0 Å². The summed E-state index contributed by atoms with van der Waals surface area (Å²) < 4.78 is 10.3. The number of rotatable bonds is 2. The molecule has 11 nitrogen and oxygen atoms in total. The average Bonchev–Trinajstić information content (AvgIpc) is 2.72. The van der Waals surface area contributed by atoms with Gasteiger partial charge in [-0.25, -0.2) is 0 Å². The van der Waals surface area contributed by atoms with Gasteiger partial charge in [-0.3, -0.25) is 14.3 Å². The third-order valence-electron chi connectivity index (χ3n) is 6.06. The predicted octanol–water partition coefficient (Wildman–Crippen LogP) is -1.14. The molecule has 0 bridgehead atoms. The zero-order chi connectivity index (χ0) is 23.7. The summed E-state index contributed by atoms with van der Waals surface area (Å²) in [7, 11) is 0. The smallest absolute Gasteiger partial charge is 0.313 e. The van der Waals surface area contributed by atoms with Gasteiger partial charge in [-0.15, -0.1) is 0 Å². The maximum absolute atomic E-state index is 13.0. The lowest BCUT2D eigenvalue weighted by Gasteiger charge is -2.48. The van der Waals surface area contributed by atoms with Crippen LogP contribution in [0.1, 0.15) is 29.8 Å². The van der Waals surface area contributed by atoms with Crippen LogP contribution in [-0.4, -0.2) is 83.5 Å². The van der Waals surface area contributed by atoms with Crippen LogP contribution < -0.4 is 0 Å². The van der Waals surface area contributed by atoms with E-state index in [1.54, 1.807) is 0 Å². The fourth-order valence-corrected chi connectivity index (χ4v) is 4.09. The molecule has 1 aliphatic heterocycles. The van der Waals surface area contributed by atoms with Crippen LogP contribution in [0.15, 0.2) is 35.4 Å². The number of carbonyl (C=O) groups is 2. The third-order valence-corrected chi connectivity index (χ3v) is 6.06. The van der Waals surface area contributed by atoms with Crippen LogP contribution in [0.5, 0.6) is 5.75 Å². The van der Waals surface area contributed by atoms with Crippen molar-refractivity contribution in [3.63, 3.8) is 0 Å². The SMILES string of the molecule is CC1C(=O)C2=C(O)c3ccc(O)cc3C(=O)C2=CC1(O)O[C@@]1(O)O[C@@H](C)[C@H](O)[C@@H](O)[C@H]1O. The summed E-state index contributed by atoms with van der Waals surface area (Å²) in [4.78, 5) is 26.1. The van der Waals surface area contributed by atoms with E-state index in [-0.39, 0.29) is 22.4 Å². The zero-order valence-corrected chi connectivity index (χ0v) is 17.0. The van der Waals surface area contributed by atoms with E-state index in [1.807, 2.05) is 0 Å². The summed E-state index contributed by atoms with van der Waals surface area (Å²) in [6.45, 7) is 2.46. The molecule has 0 radical (unpaired) electrons. The first-order chi connectivity index (χ1) is 14.8. The van der Waals surface area contributed by atoms with E-state index in [4.69, 9.17) is 9.47 Å². The number of aromatic hydroxyl groups is 1. The molecule has 0 aromatic heterocycles. The number of aliphatic hydroxyl groups is 6. The van der Waals surface area contributed by atoms with Crippen LogP contribution in [0, 0.1) is 5.92 Å². The number of carbonyl (C=O) groups excluding carboxylic acids is 2. The van der Waals surface area contributed by atoms with Crippen molar-refractivity contribution in [2.24, 2.45) is 5.92 Å². The molecule has 1 heterocycles. The van der Waals surface area contributed by atoms with E-state index in [2.05, 4.69) is 0 Å². The number of hydrogen-bond acceptors (Lipinski definition) is 11. The molecule has 0 saturated carbocycles. The molecule has 4 rings (SSSR count). The number of phenols is 1. The Morgan fingerprint density at radius 2 is 1.66 bits per heavy atom. The number of ether oxygens (including phenoxy) is 2. The number of ketones is 2. The van der Waals surface area contributed by atoms with Gasteiger partial charge in [-0.05, 0) is 38.1 Å². The van der Waals surface area contributed by atoms with Gasteiger partial charge in [-0.1, -0.05) is 0 Å². The largest absolute Gasteiger partial charge is 0.508 e. The third kappa shape index (κ3) is 3.10. The molecule has 32 heavy (non-hydrogen) atoms. The highest BCUT2D eigenvalue weighted by molar-refractivity contribution is 6.27. The normalized spacial score (nSPS) is 39.5. The second-order valence-electron chi connectivity index (χ2n) is 8.16. The number of aliphatic hydroxyl groups excluding tert-OH is 4. The lowest BCUT2D eigenvalue weighted by Crippen LogP contribution is -2.67. The van der Waals surface area contributed by atoms with Crippen molar-refractivity contribution in [3.8, 4) is 5.75 Å². The Kier molecular flexibility index (Phi) is 5.06. The van der Waals surface area contributed by atoms with Crippen molar-refractivity contribution < 1.29 is 54.8 Å². The monoisotopic (exact) mass is 450 g/mol. The number of benzene rings is 1. The minimum atomic E-state index is -3.06. The molecule has 1 aromatic rings. The Morgan fingerprint density at radius 1 is 1.00 bits per heavy atom. The first kappa shape index (κ1) is 22.6. The number of Topliss-reactive ketones (excluding diaryl/α,β-unsaturated/α-hetero) is 2. The maximum atomic E-state index is 13.0. The molecule has 7 N–H and O–H groups in total. The standard InChI is InChI=1S/C21H22O11/c1-7-14(23)13-12(16(25)11-5-9(22)3-4-10(11)17(13)26)6-20(7,29)32-21(30)19(28)18(27)15(24)8(2)31-21/h3-8,15,18-19,22,24,26-30H,1-2H3/t7?,8-,15-,18+,19+,20?,21-/m0/s1. The Balaban J connectivity index is 1.81. The van der Waals surface area contributed by atoms with Gasteiger partial charge < -0.3 is 40.5 Å². The molecule has 0 amide bonds. The highest BCUT2D eigenvalue weighted by atomic mass is 16.9. The second kappa shape index (κ2) is 7.18. The molecular formula is C21H22O11. The molecule has 1 aromatic carbocycles. The Bertz CT molecular complexity index is 1080. The first-order valence-corrected chi connectivity index (χ1v) is 9.76. The maximum Gasteiger partial charge on any atom is 0.313 e. The fourth-order valence-electron chi connectivity index (χ4n) is 4.09. The summed E-state index contributed by atoms with van der Waals surface area (Å²) in [6, 6.07) is 3.57. The van der Waals surface area contributed by atoms with Gasteiger partial charge in [0.05, 0.1) is 17.6 Å². The topological polar surface area (TPSA) is 194 Å². The minimum absolute atomic E-state index is 0.0162. The lowest BCUT2D eigenvalue weighted by atomic mass is 9.74. The molecule has 2 unspecified atom stereocenters. The number of hydrogen-bond donors (Lipinski definition) is 7. The van der Waals surface area contributed by atoms with Crippen molar-refractivity contribution in [2.45, 2.75) is 50.0 Å². The van der Waals surface area contributed by atoms with Crippen LogP contribution in [0.3, 0.4) is 0 Å². The van der Waals surface area contributed by atoms with Crippen molar-refractivity contribution in [1.82, 2.24) is 0 Å². The van der Waals surface area contributed by atoms with Gasteiger partial charge >= 0.3 is 5.97 Å². The summed E-state index contributed by atoms with van der Waals surface area (Å²) >= 11 is 0. The van der Waals surface area contributed by atoms with Gasteiger partial charge in [-0.2, -0.15) is 0 Å². The number of phenolic OH excluding ortho intramolecular Hbond substituents is 1. The second-order valence-corrected chi connectivity index (χ2v) is 8.16. The van der Waals surface area contributed by atoms with Gasteiger partial charge in [0, 0.05) is 16.7 Å². The van der Waals surface area contributed by atoms with E-state index in [0.717, 1.165) is 12.1 Å². The molecule has 172 valence electrons. The minimum Gasteiger partial charge on any atom is -0.508 e. The highest BCUT2D eigenvalue weighted by Crippen LogP contribution is 2.45. The van der Waals surface area contributed by atoms with E-state index >= 15 is 0 Å². The van der Waals surface area contributed by atoms with Crippen LogP contribution in [-0.2, 0) is 14.3 Å². The zero-order valence-electron chi connectivity index (χ0n) is 17.0. The number of fused-ring (bicyclic) bond motifs is 2. The molecule has 1 saturated heterocycles. The summed E-state index contributed by atoms with van der Waals surface area (Å²) in [6.07, 6.45) is -6.20. The van der Waals surface area contributed by atoms with Gasteiger partial charge in [0.1, 0.15) is 23.7 Å². The molecule has 2 aliphatic carbocycles. The van der Waals surface area contributed by atoms with E-state index in [1.165, 1.54) is 26.0 Å². The fraction of sp³-hybridized carbons (Fsp3) is 0.429. The van der Waals surface area contributed by atoms with Crippen LogP contribution >= 0.6 is 0 Å². The summed E-state index contributed by atoms with van der Waals surface area (Å²) in [5, 5.41) is 72.1. The Hall–Kier alpha value is -2.64. The van der Waals surface area contributed by atoms with E-state index in [0.29, 0.717) is 0 Å². The van der Waals surface area contributed by atoms with Crippen molar-refractivity contribution >= 4 is 17.3 Å². The number of allylic oxidation sites excluding steroid dienone is 2. The van der Waals surface area contributed by atoms with Crippen LogP contribution in [0.4, 0.5) is 0 Å². The van der Waals surface area contributed by atoms with E-state index in [9.17, 15) is 45.3 Å². The van der Waals surface area contributed by atoms with Gasteiger partial charge in [0.25, 0.3) is 0 Å². The van der Waals surface area contributed by atoms with Crippen LogP contribution in [0.2, 0.25) is 0 Å². The van der Waals surface area contributed by atoms with E-state index < -0.39 is 65.0 Å². The summed E-state index contributed by atoms with van der Waals surface area (Å²) in [5.41, 5.74) is -0.951. The molecule has 0 spiro atoms. The Morgan fingerprint density at radius 3 is 2.31 bits per heavy atom.